The van der Waals surface area contributed by atoms with Crippen molar-refractivity contribution in [3.8, 4) is 0 Å². The van der Waals surface area contributed by atoms with Crippen LogP contribution in [-0.2, 0) is 20.6 Å². The van der Waals surface area contributed by atoms with Gasteiger partial charge < -0.3 is 5.32 Å². The monoisotopic (exact) mass is 410 g/mol. The first-order valence-corrected chi connectivity index (χ1v) is 9.78. The van der Waals surface area contributed by atoms with Gasteiger partial charge in [0, 0.05) is 10.2 Å². The molecule has 2 aromatic rings. The highest BCUT2D eigenvalue weighted by molar-refractivity contribution is 9.10. The van der Waals surface area contributed by atoms with Crippen LogP contribution in [0.5, 0.6) is 0 Å². The van der Waals surface area contributed by atoms with Gasteiger partial charge in [0.15, 0.2) is 0 Å². The molecule has 2 N–H and O–H groups in total. The van der Waals surface area contributed by atoms with Crippen molar-refractivity contribution in [1.29, 1.82) is 0 Å². The van der Waals surface area contributed by atoms with E-state index >= 15 is 0 Å². The van der Waals surface area contributed by atoms with E-state index in [4.69, 9.17) is 0 Å². The maximum atomic E-state index is 12.1. The first kappa shape index (κ1) is 18.6. The molecule has 7 heteroatoms. The lowest BCUT2D eigenvalue weighted by atomic mass is 10.1. The van der Waals surface area contributed by atoms with Crippen molar-refractivity contribution >= 4 is 37.5 Å². The number of amides is 1. The van der Waals surface area contributed by atoms with Crippen LogP contribution in [0.4, 0.5) is 5.69 Å². The number of rotatable bonds is 6. The second-order valence-corrected chi connectivity index (χ2v) is 8.26. The van der Waals surface area contributed by atoms with Gasteiger partial charge in [-0.3, -0.25) is 4.79 Å². The first-order valence-electron chi connectivity index (χ1n) is 7.34. The minimum atomic E-state index is -3.60. The summed E-state index contributed by atoms with van der Waals surface area (Å²) in [5, 5.41) is 2.70. The van der Waals surface area contributed by atoms with E-state index < -0.39 is 15.9 Å². The van der Waals surface area contributed by atoms with Gasteiger partial charge in [0.1, 0.15) is 0 Å². The Labute approximate surface area is 150 Å². The molecule has 128 valence electrons. The number of sulfonamides is 1. The van der Waals surface area contributed by atoms with Crippen LogP contribution in [0.2, 0.25) is 0 Å². The topological polar surface area (TPSA) is 75.3 Å². The van der Waals surface area contributed by atoms with Crippen molar-refractivity contribution in [3.63, 3.8) is 0 Å². The highest BCUT2D eigenvalue weighted by atomic mass is 79.9. The summed E-state index contributed by atoms with van der Waals surface area (Å²) >= 11 is 3.32. The zero-order chi connectivity index (χ0) is 17.7. The molecule has 24 heavy (non-hydrogen) atoms. The quantitative estimate of drug-likeness (QED) is 0.767. The summed E-state index contributed by atoms with van der Waals surface area (Å²) in [6, 6.07) is 12.7. The third-order valence-electron chi connectivity index (χ3n) is 3.26. The van der Waals surface area contributed by atoms with Crippen molar-refractivity contribution in [2.75, 3.05) is 11.9 Å². The SMILES string of the molecule is Cc1cc(C)cc(NC(=O)CNS(=O)(=O)Cc2ccccc2Br)c1. The number of hydrogen-bond donors (Lipinski definition) is 2. The van der Waals surface area contributed by atoms with Gasteiger partial charge in [-0.25, -0.2) is 13.1 Å². The van der Waals surface area contributed by atoms with Gasteiger partial charge in [-0.15, -0.1) is 0 Å². The molecule has 0 heterocycles. The molecule has 0 unspecified atom stereocenters. The fourth-order valence-corrected chi connectivity index (χ4v) is 4.02. The van der Waals surface area contributed by atoms with Crippen molar-refractivity contribution < 1.29 is 13.2 Å². The van der Waals surface area contributed by atoms with Crippen LogP contribution in [0.15, 0.2) is 46.9 Å². The minimum absolute atomic E-state index is 0.189. The van der Waals surface area contributed by atoms with E-state index in [2.05, 4.69) is 26.0 Å². The third kappa shape index (κ3) is 5.74. The molecule has 0 atom stereocenters. The maximum absolute atomic E-state index is 12.1. The van der Waals surface area contributed by atoms with Crippen molar-refractivity contribution in [2.45, 2.75) is 19.6 Å². The second kappa shape index (κ2) is 7.92. The fraction of sp³-hybridized carbons (Fsp3) is 0.235. The van der Waals surface area contributed by atoms with Crippen molar-refractivity contribution in [2.24, 2.45) is 0 Å². The molecule has 0 aliphatic rings. The van der Waals surface area contributed by atoms with E-state index in [1.54, 1.807) is 18.2 Å². The summed E-state index contributed by atoms with van der Waals surface area (Å²) < 4.78 is 27.3. The molecule has 5 nitrogen and oxygen atoms in total. The Hall–Kier alpha value is -1.70. The van der Waals surface area contributed by atoms with Crippen LogP contribution >= 0.6 is 15.9 Å². The number of benzene rings is 2. The van der Waals surface area contributed by atoms with E-state index in [0.717, 1.165) is 15.6 Å². The molecule has 0 radical (unpaired) electrons. The predicted octanol–water partition coefficient (Wildman–Crippen LogP) is 3.12. The number of carbonyl (C=O) groups excluding carboxylic acids is 1. The molecular weight excluding hydrogens is 392 g/mol. The molecule has 0 aromatic heterocycles. The van der Waals surface area contributed by atoms with Crippen LogP contribution in [0.25, 0.3) is 0 Å². The van der Waals surface area contributed by atoms with E-state index in [1.165, 1.54) is 0 Å². The zero-order valence-electron chi connectivity index (χ0n) is 13.5. The molecule has 0 aliphatic carbocycles. The van der Waals surface area contributed by atoms with Crippen LogP contribution in [-0.4, -0.2) is 20.9 Å². The third-order valence-corrected chi connectivity index (χ3v) is 5.31. The van der Waals surface area contributed by atoms with Gasteiger partial charge in [0.2, 0.25) is 15.9 Å². The summed E-state index contributed by atoms with van der Waals surface area (Å²) in [5.74, 6) is -0.596. The summed E-state index contributed by atoms with van der Waals surface area (Å²) in [4.78, 5) is 12.0. The number of aryl methyl sites for hydroxylation is 2. The first-order chi connectivity index (χ1) is 11.2. The summed E-state index contributed by atoms with van der Waals surface area (Å²) in [6.07, 6.45) is 0. The van der Waals surface area contributed by atoms with Gasteiger partial charge in [0.25, 0.3) is 0 Å². The van der Waals surface area contributed by atoms with Crippen LogP contribution in [0.3, 0.4) is 0 Å². The number of halogens is 1. The second-order valence-electron chi connectivity index (χ2n) is 5.60. The number of carbonyl (C=O) groups is 1. The molecule has 0 aliphatic heterocycles. The maximum Gasteiger partial charge on any atom is 0.239 e. The molecule has 0 saturated carbocycles. The lowest BCUT2D eigenvalue weighted by Gasteiger charge is -2.10. The number of anilines is 1. The predicted molar refractivity (Wildman–Crippen MR) is 99.3 cm³/mol. The molecule has 0 spiro atoms. The number of hydrogen-bond acceptors (Lipinski definition) is 3. The Kier molecular flexibility index (Phi) is 6.15. The molecule has 0 fully saturated rings. The minimum Gasteiger partial charge on any atom is -0.325 e. The Morgan fingerprint density at radius 3 is 2.33 bits per heavy atom. The lowest BCUT2D eigenvalue weighted by molar-refractivity contribution is -0.115. The lowest BCUT2D eigenvalue weighted by Crippen LogP contribution is -2.33. The zero-order valence-corrected chi connectivity index (χ0v) is 15.9. The van der Waals surface area contributed by atoms with E-state index in [9.17, 15) is 13.2 Å². The van der Waals surface area contributed by atoms with Crippen molar-refractivity contribution in [3.05, 3.63) is 63.6 Å². The van der Waals surface area contributed by atoms with Gasteiger partial charge >= 0.3 is 0 Å². The Bertz CT molecular complexity index is 830. The smallest absolute Gasteiger partial charge is 0.239 e. The standard InChI is InChI=1S/C17H19BrN2O3S/c1-12-7-13(2)9-15(8-12)20-17(21)10-19-24(22,23)11-14-5-3-4-6-16(14)18/h3-9,19H,10-11H2,1-2H3,(H,20,21). The van der Waals surface area contributed by atoms with Crippen molar-refractivity contribution in [1.82, 2.24) is 4.72 Å². The average Bonchev–Trinajstić information content (AvgIpc) is 2.46. The summed E-state index contributed by atoms with van der Waals surface area (Å²) in [6.45, 7) is 3.56. The Balaban J connectivity index is 1.94. The molecule has 2 rings (SSSR count). The number of nitrogens with one attached hydrogen (secondary N) is 2. The highest BCUT2D eigenvalue weighted by Gasteiger charge is 2.15. The van der Waals surface area contributed by atoms with Gasteiger partial charge in [-0.1, -0.05) is 40.2 Å². The summed E-state index contributed by atoms with van der Waals surface area (Å²) in [7, 11) is -3.60. The van der Waals surface area contributed by atoms with Crippen LogP contribution < -0.4 is 10.0 Å². The molecular formula is C17H19BrN2O3S. The fourth-order valence-electron chi connectivity index (χ4n) is 2.30. The van der Waals surface area contributed by atoms with Gasteiger partial charge in [-0.2, -0.15) is 0 Å². The van der Waals surface area contributed by atoms with Crippen LogP contribution in [0.1, 0.15) is 16.7 Å². The van der Waals surface area contributed by atoms with E-state index in [1.807, 2.05) is 38.1 Å². The largest absolute Gasteiger partial charge is 0.325 e. The van der Waals surface area contributed by atoms with E-state index in [-0.39, 0.29) is 12.3 Å². The highest BCUT2D eigenvalue weighted by Crippen LogP contribution is 2.18. The van der Waals surface area contributed by atoms with E-state index in [0.29, 0.717) is 11.3 Å². The Morgan fingerprint density at radius 2 is 1.71 bits per heavy atom. The molecule has 0 saturated heterocycles. The Morgan fingerprint density at radius 1 is 1.08 bits per heavy atom. The molecule has 0 bridgehead atoms. The molecule has 2 aromatic carbocycles. The summed E-state index contributed by atoms with van der Waals surface area (Å²) in [5.41, 5.74) is 3.35. The van der Waals surface area contributed by atoms with Crippen LogP contribution in [0, 0.1) is 13.8 Å². The molecule has 1 amide bonds. The normalized spacial score (nSPS) is 11.3. The van der Waals surface area contributed by atoms with Gasteiger partial charge in [-0.05, 0) is 48.7 Å². The average molecular weight is 411 g/mol. The van der Waals surface area contributed by atoms with Gasteiger partial charge in [0.05, 0.1) is 12.3 Å².